The molecule has 1 saturated heterocycles. The molecule has 0 radical (unpaired) electrons. The largest absolute Gasteiger partial charge is 0.419 e. The molecule has 182 valence electrons. The lowest BCUT2D eigenvalue weighted by Crippen LogP contribution is -2.50. The summed E-state index contributed by atoms with van der Waals surface area (Å²) >= 11 is 0. The summed E-state index contributed by atoms with van der Waals surface area (Å²) in [6, 6.07) is 17.6. The summed E-state index contributed by atoms with van der Waals surface area (Å²) in [5.41, 5.74) is 3.81. The lowest BCUT2D eigenvalue weighted by Gasteiger charge is -2.38. The van der Waals surface area contributed by atoms with E-state index >= 15 is 0 Å². The van der Waals surface area contributed by atoms with Gasteiger partial charge in [0.25, 0.3) is 0 Å². The molecule has 0 unspecified atom stereocenters. The van der Waals surface area contributed by atoms with Crippen molar-refractivity contribution in [2.24, 2.45) is 7.05 Å². The van der Waals surface area contributed by atoms with Crippen LogP contribution in [-0.2, 0) is 18.3 Å². The molecule has 8 heteroatoms. The molecule has 0 saturated carbocycles. The van der Waals surface area contributed by atoms with E-state index in [4.69, 9.17) is 9.15 Å². The SMILES string of the molecule is Cn1c(=O)oc2cc(CN[C@@H]3CO[C@H](C(c4ccc(F)cc4)c4ccc(F)cc4)C[C@@H]3O)ccc21. The van der Waals surface area contributed by atoms with E-state index in [0.717, 1.165) is 22.2 Å². The fourth-order valence-corrected chi connectivity index (χ4v) is 4.74. The van der Waals surface area contributed by atoms with Crippen LogP contribution < -0.4 is 11.1 Å². The number of fused-ring (bicyclic) bond motifs is 1. The molecule has 1 fully saturated rings. The zero-order valence-corrected chi connectivity index (χ0v) is 19.2. The third-order valence-electron chi connectivity index (χ3n) is 6.68. The molecule has 0 spiro atoms. The van der Waals surface area contributed by atoms with Crippen LogP contribution in [0.15, 0.2) is 75.9 Å². The lowest BCUT2D eigenvalue weighted by atomic mass is 9.82. The maximum Gasteiger partial charge on any atom is 0.419 e. The van der Waals surface area contributed by atoms with Gasteiger partial charge < -0.3 is 19.6 Å². The van der Waals surface area contributed by atoms with Gasteiger partial charge >= 0.3 is 5.76 Å². The summed E-state index contributed by atoms with van der Waals surface area (Å²) in [5, 5.41) is 14.3. The Morgan fingerprint density at radius 2 is 1.66 bits per heavy atom. The van der Waals surface area contributed by atoms with E-state index in [9.17, 15) is 18.7 Å². The number of halogens is 2. The minimum atomic E-state index is -0.685. The number of aliphatic hydroxyl groups is 1. The molecular formula is C27H26F2N2O4. The molecule has 0 aliphatic carbocycles. The van der Waals surface area contributed by atoms with Crippen molar-refractivity contribution in [3.63, 3.8) is 0 Å². The Balaban J connectivity index is 1.29. The van der Waals surface area contributed by atoms with Gasteiger partial charge in [0.05, 0.1) is 30.4 Å². The normalized spacial score (nSPS) is 20.5. The van der Waals surface area contributed by atoms with Crippen molar-refractivity contribution in [3.8, 4) is 0 Å². The number of aliphatic hydroxyl groups excluding tert-OH is 1. The number of hydrogen-bond donors (Lipinski definition) is 2. The molecule has 4 aromatic rings. The quantitative estimate of drug-likeness (QED) is 0.439. The second kappa shape index (κ2) is 9.73. The molecule has 1 aliphatic rings. The van der Waals surface area contributed by atoms with Crippen LogP contribution in [0.4, 0.5) is 8.78 Å². The first-order valence-electron chi connectivity index (χ1n) is 11.5. The zero-order valence-electron chi connectivity index (χ0n) is 19.2. The lowest BCUT2D eigenvalue weighted by molar-refractivity contribution is -0.0718. The minimum Gasteiger partial charge on any atom is -0.408 e. The Morgan fingerprint density at radius 3 is 2.26 bits per heavy atom. The van der Waals surface area contributed by atoms with Gasteiger partial charge in [-0.25, -0.2) is 13.6 Å². The van der Waals surface area contributed by atoms with Crippen molar-refractivity contribution in [1.29, 1.82) is 0 Å². The Bertz CT molecular complexity index is 1320. The molecular weight excluding hydrogens is 454 g/mol. The van der Waals surface area contributed by atoms with E-state index in [1.165, 1.54) is 28.8 Å². The van der Waals surface area contributed by atoms with E-state index < -0.39 is 11.9 Å². The first-order chi connectivity index (χ1) is 16.9. The summed E-state index contributed by atoms with van der Waals surface area (Å²) in [5.74, 6) is -1.37. The van der Waals surface area contributed by atoms with Crippen molar-refractivity contribution in [2.75, 3.05) is 6.61 Å². The summed E-state index contributed by atoms with van der Waals surface area (Å²) in [7, 11) is 1.66. The van der Waals surface area contributed by atoms with Crippen LogP contribution in [0.25, 0.3) is 11.1 Å². The fourth-order valence-electron chi connectivity index (χ4n) is 4.74. The van der Waals surface area contributed by atoms with E-state index in [2.05, 4.69) is 5.32 Å². The van der Waals surface area contributed by atoms with Crippen LogP contribution in [-0.4, -0.2) is 34.5 Å². The van der Waals surface area contributed by atoms with Gasteiger partial charge in [0.15, 0.2) is 5.58 Å². The van der Waals surface area contributed by atoms with Gasteiger partial charge in [0.1, 0.15) is 11.6 Å². The van der Waals surface area contributed by atoms with Gasteiger partial charge in [-0.1, -0.05) is 30.3 Å². The molecule has 0 bridgehead atoms. The van der Waals surface area contributed by atoms with Crippen LogP contribution in [0.2, 0.25) is 0 Å². The second-order valence-corrected chi connectivity index (χ2v) is 8.97. The van der Waals surface area contributed by atoms with E-state index in [0.29, 0.717) is 18.5 Å². The van der Waals surface area contributed by atoms with Crippen molar-refractivity contribution < 1.29 is 23.0 Å². The number of oxazole rings is 1. The van der Waals surface area contributed by atoms with Crippen LogP contribution in [0.3, 0.4) is 0 Å². The molecule has 3 atom stereocenters. The Hall–Kier alpha value is -3.33. The topological polar surface area (TPSA) is 76.6 Å². The maximum atomic E-state index is 13.5. The van der Waals surface area contributed by atoms with E-state index in [1.807, 2.05) is 18.2 Å². The molecule has 2 N–H and O–H groups in total. The molecule has 0 amide bonds. The molecule has 3 aromatic carbocycles. The van der Waals surface area contributed by atoms with Gasteiger partial charge in [-0.05, 0) is 53.1 Å². The van der Waals surface area contributed by atoms with Crippen LogP contribution in [0.5, 0.6) is 0 Å². The number of aryl methyl sites for hydroxylation is 1. The Kier molecular flexibility index (Phi) is 6.51. The average molecular weight is 481 g/mol. The highest BCUT2D eigenvalue weighted by atomic mass is 19.1. The number of nitrogens with zero attached hydrogens (tertiary/aromatic N) is 1. The second-order valence-electron chi connectivity index (χ2n) is 8.97. The van der Waals surface area contributed by atoms with Gasteiger partial charge in [-0.2, -0.15) is 0 Å². The van der Waals surface area contributed by atoms with Crippen LogP contribution >= 0.6 is 0 Å². The Labute approximate surface area is 200 Å². The number of nitrogens with one attached hydrogen (secondary N) is 1. The summed E-state index contributed by atoms with van der Waals surface area (Å²) in [6.07, 6.45) is -0.701. The van der Waals surface area contributed by atoms with E-state index in [1.54, 1.807) is 31.3 Å². The summed E-state index contributed by atoms with van der Waals surface area (Å²) in [4.78, 5) is 11.7. The van der Waals surface area contributed by atoms with Gasteiger partial charge in [-0.15, -0.1) is 0 Å². The van der Waals surface area contributed by atoms with Crippen molar-refractivity contribution in [2.45, 2.75) is 37.1 Å². The highest BCUT2D eigenvalue weighted by Crippen LogP contribution is 2.35. The molecule has 35 heavy (non-hydrogen) atoms. The third kappa shape index (κ3) is 4.91. The summed E-state index contributed by atoms with van der Waals surface area (Å²) < 4.78 is 40.0. The van der Waals surface area contributed by atoms with E-state index in [-0.39, 0.29) is 36.3 Å². The smallest absolute Gasteiger partial charge is 0.408 e. The number of aromatic nitrogens is 1. The Morgan fingerprint density at radius 1 is 1.03 bits per heavy atom. The van der Waals surface area contributed by atoms with Gasteiger partial charge in [0.2, 0.25) is 0 Å². The van der Waals surface area contributed by atoms with Gasteiger partial charge in [-0.3, -0.25) is 4.57 Å². The molecule has 1 aliphatic heterocycles. The van der Waals surface area contributed by atoms with Crippen molar-refractivity contribution in [3.05, 3.63) is 106 Å². The highest BCUT2D eigenvalue weighted by Gasteiger charge is 2.35. The van der Waals surface area contributed by atoms with Crippen LogP contribution in [0, 0.1) is 11.6 Å². The molecule has 2 heterocycles. The highest BCUT2D eigenvalue weighted by molar-refractivity contribution is 5.73. The molecule has 6 nitrogen and oxygen atoms in total. The van der Waals surface area contributed by atoms with Crippen LogP contribution in [0.1, 0.15) is 29.0 Å². The van der Waals surface area contributed by atoms with Gasteiger partial charge in [0, 0.05) is 25.9 Å². The predicted molar refractivity (Wildman–Crippen MR) is 127 cm³/mol. The standard InChI is InChI=1S/C27H26F2N2O4/c1-31-22-11-2-16(12-24(22)35-27(31)33)14-30-21-15-34-25(13-23(21)32)26(17-3-7-19(28)8-4-17)18-5-9-20(29)10-6-18/h2-12,21,23,25-26,30,32H,13-15H2,1H3/t21-,23+,25+/m1/s1. The zero-order chi connectivity index (χ0) is 24.5. The average Bonchev–Trinajstić information content (AvgIpc) is 3.14. The molecule has 1 aromatic heterocycles. The maximum absolute atomic E-state index is 13.5. The van der Waals surface area contributed by atoms with Crippen molar-refractivity contribution in [1.82, 2.24) is 9.88 Å². The number of rotatable bonds is 6. The first kappa shape index (κ1) is 23.4. The number of benzene rings is 3. The summed E-state index contributed by atoms with van der Waals surface area (Å²) in [6.45, 7) is 0.733. The van der Waals surface area contributed by atoms with Crippen molar-refractivity contribution >= 4 is 11.1 Å². The first-order valence-corrected chi connectivity index (χ1v) is 11.5. The molecule has 5 rings (SSSR count). The minimum absolute atomic E-state index is 0.271. The third-order valence-corrected chi connectivity index (χ3v) is 6.68. The number of hydrogen-bond acceptors (Lipinski definition) is 5. The fraction of sp³-hybridized carbons (Fsp3) is 0.296. The number of ether oxygens (including phenoxy) is 1. The predicted octanol–water partition coefficient (Wildman–Crippen LogP) is 3.85. The monoisotopic (exact) mass is 480 g/mol.